The summed E-state index contributed by atoms with van der Waals surface area (Å²) in [4.78, 5) is 12.2. The molecule has 2 atom stereocenters. The van der Waals surface area contributed by atoms with Gasteiger partial charge in [-0.15, -0.1) is 0 Å². The van der Waals surface area contributed by atoms with Crippen molar-refractivity contribution in [1.29, 1.82) is 0 Å². The fourth-order valence-electron chi connectivity index (χ4n) is 2.98. The van der Waals surface area contributed by atoms with E-state index in [1.54, 1.807) is 6.92 Å². The maximum absolute atomic E-state index is 14.0. The van der Waals surface area contributed by atoms with Crippen molar-refractivity contribution in [3.63, 3.8) is 0 Å². The molecule has 1 saturated heterocycles. The summed E-state index contributed by atoms with van der Waals surface area (Å²) >= 11 is 0. The predicted octanol–water partition coefficient (Wildman–Crippen LogP) is 3.96. The Balaban J connectivity index is 1.64. The number of ether oxygens (including phenoxy) is 2. The van der Waals surface area contributed by atoms with Crippen LogP contribution in [0.1, 0.15) is 24.5 Å². The van der Waals surface area contributed by atoms with E-state index >= 15 is 0 Å². The highest BCUT2D eigenvalue weighted by Crippen LogP contribution is 2.40. The molecule has 0 aromatic heterocycles. The van der Waals surface area contributed by atoms with Crippen LogP contribution in [0.5, 0.6) is 0 Å². The second-order valence-electron chi connectivity index (χ2n) is 6.16. The fraction of sp³-hybridized carbons (Fsp3) is 0.316. The molecule has 5 heteroatoms. The molecule has 0 radical (unpaired) electrons. The first-order valence-corrected chi connectivity index (χ1v) is 7.78. The van der Waals surface area contributed by atoms with Crippen LogP contribution in [0.4, 0.5) is 8.78 Å². The maximum atomic E-state index is 14.0. The van der Waals surface area contributed by atoms with Crippen LogP contribution in [0.15, 0.2) is 48.5 Å². The number of esters is 1. The molecule has 3 nitrogen and oxygen atoms in total. The molecule has 0 bridgehead atoms. The SMILES string of the molecule is C[C@]1(c2ccc(F)cc2F)C[C@H](C(=O)OCc2ccccc2)CO1. The van der Waals surface area contributed by atoms with E-state index < -0.39 is 23.2 Å². The summed E-state index contributed by atoms with van der Waals surface area (Å²) in [7, 11) is 0. The van der Waals surface area contributed by atoms with Gasteiger partial charge in [0.25, 0.3) is 0 Å². The third-order valence-electron chi connectivity index (χ3n) is 4.30. The van der Waals surface area contributed by atoms with Gasteiger partial charge in [-0.05, 0) is 25.0 Å². The molecule has 3 rings (SSSR count). The molecule has 126 valence electrons. The Labute approximate surface area is 139 Å². The highest BCUT2D eigenvalue weighted by Gasteiger charge is 2.43. The summed E-state index contributed by atoms with van der Waals surface area (Å²) in [5.41, 5.74) is 0.188. The lowest BCUT2D eigenvalue weighted by Gasteiger charge is -2.24. The van der Waals surface area contributed by atoms with Crippen molar-refractivity contribution in [2.24, 2.45) is 5.92 Å². The van der Waals surface area contributed by atoms with Gasteiger partial charge in [0.15, 0.2) is 0 Å². The zero-order valence-electron chi connectivity index (χ0n) is 13.3. The Morgan fingerprint density at radius 2 is 2.00 bits per heavy atom. The Kier molecular flexibility index (Phi) is 4.62. The topological polar surface area (TPSA) is 35.5 Å². The predicted molar refractivity (Wildman–Crippen MR) is 84.0 cm³/mol. The number of hydrogen-bond donors (Lipinski definition) is 0. The van der Waals surface area contributed by atoms with E-state index in [-0.39, 0.29) is 24.7 Å². The van der Waals surface area contributed by atoms with Gasteiger partial charge in [0.1, 0.15) is 18.2 Å². The van der Waals surface area contributed by atoms with Crippen molar-refractivity contribution in [1.82, 2.24) is 0 Å². The van der Waals surface area contributed by atoms with E-state index in [1.807, 2.05) is 30.3 Å². The van der Waals surface area contributed by atoms with Crippen LogP contribution in [0, 0.1) is 17.6 Å². The lowest BCUT2D eigenvalue weighted by atomic mass is 9.88. The van der Waals surface area contributed by atoms with Crippen molar-refractivity contribution >= 4 is 5.97 Å². The minimum atomic E-state index is -0.964. The number of rotatable bonds is 4. The molecule has 1 heterocycles. The highest BCUT2D eigenvalue weighted by atomic mass is 19.1. The minimum Gasteiger partial charge on any atom is -0.461 e. The molecule has 0 N–H and O–H groups in total. The number of halogens is 2. The van der Waals surface area contributed by atoms with Crippen LogP contribution in [-0.4, -0.2) is 12.6 Å². The molecule has 1 fully saturated rings. The Morgan fingerprint density at radius 1 is 1.25 bits per heavy atom. The van der Waals surface area contributed by atoms with E-state index in [0.717, 1.165) is 11.6 Å². The largest absolute Gasteiger partial charge is 0.461 e. The maximum Gasteiger partial charge on any atom is 0.311 e. The third kappa shape index (κ3) is 3.46. The second kappa shape index (κ2) is 6.69. The van der Waals surface area contributed by atoms with Crippen LogP contribution in [-0.2, 0) is 26.5 Å². The Hall–Kier alpha value is -2.27. The monoisotopic (exact) mass is 332 g/mol. The highest BCUT2D eigenvalue weighted by molar-refractivity contribution is 5.73. The fourth-order valence-corrected chi connectivity index (χ4v) is 2.98. The first kappa shape index (κ1) is 16.6. The summed E-state index contributed by atoms with van der Waals surface area (Å²) in [5.74, 6) is -2.15. The van der Waals surface area contributed by atoms with E-state index in [1.165, 1.54) is 12.1 Å². The summed E-state index contributed by atoms with van der Waals surface area (Å²) in [6.45, 7) is 2.05. The third-order valence-corrected chi connectivity index (χ3v) is 4.30. The van der Waals surface area contributed by atoms with Gasteiger partial charge < -0.3 is 9.47 Å². The Morgan fingerprint density at radius 3 is 2.71 bits per heavy atom. The van der Waals surface area contributed by atoms with Crippen LogP contribution < -0.4 is 0 Å². The first-order valence-electron chi connectivity index (χ1n) is 7.78. The molecule has 1 aliphatic heterocycles. The van der Waals surface area contributed by atoms with Gasteiger partial charge >= 0.3 is 5.97 Å². The minimum absolute atomic E-state index is 0.154. The average molecular weight is 332 g/mol. The van der Waals surface area contributed by atoms with Crippen molar-refractivity contribution in [2.75, 3.05) is 6.61 Å². The number of carbonyl (C=O) groups is 1. The molecule has 0 amide bonds. The van der Waals surface area contributed by atoms with Gasteiger partial charge in [-0.25, -0.2) is 8.78 Å². The zero-order valence-corrected chi connectivity index (χ0v) is 13.3. The molecule has 0 spiro atoms. The van der Waals surface area contributed by atoms with Gasteiger partial charge in [0, 0.05) is 11.6 Å². The molecule has 0 aliphatic carbocycles. The number of hydrogen-bond acceptors (Lipinski definition) is 3. The summed E-state index contributed by atoms with van der Waals surface area (Å²) < 4.78 is 38.1. The van der Waals surface area contributed by atoms with Gasteiger partial charge in [-0.1, -0.05) is 36.4 Å². The van der Waals surface area contributed by atoms with Gasteiger partial charge in [0.05, 0.1) is 18.1 Å². The van der Waals surface area contributed by atoms with E-state index in [0.29, 0.717) is 6.42 Å². The molecule has 1 aliphatic rings. The standard InChI is InChI=1S/C19H18F2O3/c1-19(16-8-7-15(20)9-17(16)21)10-14(12-24-19)18(22)23-11-13-5-3-2-4-6-13/h2-9,14H,10-12H2,1H3/t14-,19+/m0/s1. The Bertz CT molecular complexity index is 733. The van der Waals surface area contributed by atoms with Crippen molar-refractivity contribution in [2.45, 2.75) is 25.6 Å². The molecule has 24 heavy (non-hydrogen) atoms. The van der Waals surface area contributed by atoms with Crippen LogP contribution in [0.2, 0.25) is 0 Å². The van der Waals surface area contributed by atoms with Gasteiger partial charge in [-0.3, -0.25) is 4.79 Å². The van der Waals surface area contributed by atoms with Gasteiger partial charge in [-0.2, -0.15) is 0 Å². The normalized spacial score (nSPS) is 23.2. The van der Waals surface area contributed by atoms with Crippen LogP contribution >= 0.6 is 0 Å². The molecular formula is C19H18F2O3. The quantitative estimate of drug-likeness (QED) is 0.795. The summed E-state index contributed by atoms with van der Waals surface area (Å²) in [6.07, 6.45) is 0.295. The van der Waals surface area contributed by atoms with E-state index in [2.05, 4.69) is 0 Å². The molecule has 2 aromatic rings. The van der Waals surface area contributed by atoms with Crippen LogP contribution in [0.3, 0.4) is 0 Å². The first-order chi connectivity index (χ1) is 11.5. The van der Waals surface area contributed by atoms with E-state index in [4.69, 9.17) is 9.47 Å². The zero-order chi connectivity index (χ0) is 17.2. The number of carbonyl (C=O) groups excluding carboxylic acids is 1. The lowest BCUT2D eigenvalue weighted by Crippen LogP contribution is -2.23. The van der Waals surface area contributed by atoms with Crippen molar-refractivity contribution < 1.29 is 23.0 Å². The molecular weight excluding hydrogens is 314 g/mol. The molecule has 0 unspecified atom stereocenters. The molecule has 2 aromatic carbocycles. The summed E-state index contributed by atoms with van der Waals surface area (Å²) in [6, 6.07) is 12.7. The van der Waals surface area contributed by atoms with Crippen LogP contribution in [0.25, 0.3) is 0 Å². The van der Waals surface area contributed by atoms with E-state index in [9.17, 15) is 13.6 Å². The second-order valence-corrected chi connectivity index (χ2v) is 6.16. The number of benzene rings is 2. The summed E-state index contributed by atoms with van der Waals surface area (Å²) in [5, 5.41) is 0. The smallest absolute Gasteiger partial charge is 0.311 e. The van der Waals surface area contributed by atoms with Crippen molar-refractivity contribution in [3.8, 4) is 0 Å². The van der Waals surface area contributed by atoms with Crippen molar-refractivity contribution in [3.05, 3.63) is 71.3 Å². The van der Waals surface area contributed by atoms with Gasteiger partial charge in [0.2, 0.25) is 0 Å². The lowest BCUT2D eigenvalue weighted by molar-refractivity contribution is -0.149. The average Bonchev–Trinajstić information content (AvgIpc) is 2.97. The molecule has 0 saturated carbocycles.